The summed E-state index contributed by atoms with van der Waals surface area (Å²) in [6, 6.07) is 22.3. The Morgan fingerprint density at radius 1 is 0.688 bits per heavy atom. The zero-order chi connectivity index (χ0) is 23.1. The Balaban J connectivity index is 1.67. The van der Waals surface area contributed by atoms with E-state index in [1.165, 1.54) is 0 Å². The van der Waals surface area contributed by atoms with E-state index >= 15 is 0 Å². The molecule has 0 N–H and O–H groups in total. The molecule has 3 aromatic carbocycles. The Kier molecular flexibility index (Phi) is 7.12. The second-order valence-corrected chi connectivity index (χ2v) is 8.20. The molecule has 4 nitrogen and oxygen atoms in total. The van der Waals surface area contributed by atoms with Crippen molar-refractivity contribution in [3.05, 3.63) is 95.1 Å². The van der Waals surface area contributed by atoms with E-state index in [2.05, 4.69) is 11.8 Å². The minimum Gasteiger partial charge on any atom is -0.462 e. The van der Waals surface area contributed by atoms with Crippen LogP contribution in [-0.4, -0.2) is 24.1 Å². The minimum atomic E-state index is -0.523. The molecule has 4 heteroatoms. The molecule has 0 aliphatic rings. The van der Waals surface area contributed by atoms with Crippen molar-refractivity contribution in [3.63, 3.8) is 0 Å². The molecule has 162 valence electrons. The van der Waals surface area contributed by atoms with E-state index < -0.39 is 5.60 Å². The molecule has 0 saturated heterocycles. The van der Waals surface area contributed by atoms with E-state index in [4.69, 9.17) is 9.47 Å². The topological polar surface area (TPSA) is 52.6 Å². The molecule has 32 heavy (non-hydrogen) atoms. The summed E-state index contributed by atoms with van der Waals surface area (Å²) in [5.74, 6) is 5.59. The molecule has 0 bridgehead atoms. The van der Waals surface area contributed by atoms with Crippen molar-refractivity contribution in [2.24, 2.45) is 0 Å². The van der Waals surface area contributed by atoms with Gasteiger partial charge in [0.1, 0.15) is 5.60 Å². The van der Waals surface area contributed by atoms with Crippen molar-refractivity contribution >= 4 is 11.9 Å². The maximum Gasteiger partial charge on any atom is 0.338 e. The fourth-order valence-corrected chi connectivity index (χ4v) is 2.93. The third kappa shape index (κ3) is 6.33. The van der Waals surface area contributed by atoms with Gasteiger partial charge in [0, 0.05) is 11.1 Å². The average molecular weight is 427 g/mol. The Hall–Kier alpha value is -3.84. The molecule has 0 radical (unpaired) electrons. The van der Waals surface area contributed by atoms with Gasteiger partial charge in [-0.25, -0.2) is 9.59 Å². The Morgan fingerprint density at radius 2 is 1.09 bits per heavy atom. The second kappa shape index (κ2) is 9.98. The zero-order valence-corrected chi connectivity index (χ0v) is 18.8. The summed E-state index contributed by atoms with van der Waals surface area (Å²) in [6.45, 7) is 7.67. The normalized spacial score (nSPS) is 10.6. The quantitative estimate of drug-likeness (QED) is 0.386. The van der Waals surface area contributed by atoms with Gasteiger partial charge in [-0.05, 0) is 87.4 Å². The summed E-state index contributed by atoms with van der Waals surface area (Å²) in [4.78, 5) is 23.9. The highest BCUT2D eigenvalue weighted by Crippen LogP contribution is 2.21. The predicted octanol–water partition coefficient (Wildman–Crippen LogP) is 5.89. The van der Waals surface area contributed by atoms with Gasteiger partial charge >= 0.3 is 11.9 Å². The molecule has 0 aliphatic heterocycles. The van der Waals surface area contributed by atoms with E-state index in [0.29, 0.717) is 17.7 Å². The number of benzene rings is 3. The van der Waals surface area contributed by atoms with Crippen molar-refractivity contribution in [1.82, 2.24) is 0 Å². The summed E-state index contributed by atoms with van der Waals surface area (Å²) in [7, 11) is 0. The number of rotatable bonds is 4. The smallest absolute Gasteiger partial charge is 0.338 e. The highest BCUT2D eigenvalue weighted by Gasteiger charge is 2.17. The van der Waals surface area contributed by atoms with Gasteiger partial charge in [0.2, 0.25) is 0 Å². The van der Waals surface area contributed by atoms with Crippen molar-refractivity contribution < 1.29 is 19.1 Å². The van der Waals surface area contributed by atoms with Crippen LogP contribution in [0.3, 0.4) is 0 Å². The van der Waals surface area contributed by atoms with Gasteiger partial charge in [0.15, 0.2) is 0 Å². The maximum atomic E-state index is 12.1. The summed E-state index contributed by atoms with van der Waals surface area (Å²) >= 11 is 0. The van der Waals surface area contributed by atoms with Crippen LogP contribution in [0.15, 0.2) is 72.8 Å². The number of hydrogen-bond acceptors (Lipinski definition) is 4. The first kappa shape index (κ1) is 22.8. The van der Waals surface area contributed by atoms with E-state index in [1.54, 1.807) is 31.2 Å². The third-order valence-electron chi connectivity index (χ3n) is 4.48. The van der Waals surface area contributed by atoms with Crippen LogP contribution in [0.25, 0.3) is 11.1 Å². The zero-order valence-electron chi connectivity index (χ0n) is 18.8. The highest BCUT2D eigenvalue weighted by molar-refractivity contribution is 5.90. The van der Waals surface area contributed by atoms with Gasteiger partial charge in [-0.15, -0.1) is 0 Å². The summed E-state index contributed by atoms with van der Waals surface area (Å²) < 4.78 is 10.4. The standard InChI is InChI=1S/C28H26O4/c1-5-31-26(29)24-18-16-23(17-19-24)22-12-8-20(9-13-22)6-7-21-10-14-25(15-11-21)27(30)32-28(2,3)4/h8-19H,5H2,1-4H3. The van der Waals surface area contributed by atoms with Crippen LogP contribution in [-0.2, 0) is 9.47 Å². The van der Waals surface area contributed by atoms with E-state index in [-0.39, 0.29) is 11.9 Å². The molecule has 0 aromatic heterocycles. The molecule has 0 heterocycles. The third-order valence-corrected chi connectivity index (χ3v) is 4.48. The lowest BCUT2D eigenvalue weighted by atomic mass is 10.0. The molecule has 3 rings (SSSR count). The lowest BCUT2D eigenvalue weighted by Crippen LogP contribution is -2.23. The second-order valence-electron chi connectivity index (χ2n) is 8.20. The van der Waals surface area contributed by atoms with Crippen LogP contribution < -0.4 is 0 Å². The lowest BCUT2D eigenvalue weighted by Gasteiger charge is -2.19. The van der Waals surface area contributed by atoms with Crippen LogP contribution >= 0.6 is 0 Å². The largest absolute Gasteiger partial charge is 0.462 e. The van der Waals surface area contributed by atoms with Gasteiger partial charge in [-0.1, -0.05) is 36.1 Å². The van der Waals surface area contributed by atoms with Crippen molar-refractivity contribution in [2.45, 2.75) is 33.3 Å². The van der Waals surface area contributed by atoms with Crippen LogP contribution in [0.2, 0.25) is 0 Å². The van der Waals surface area contributed by atoms with Crippen LogP contribution in [0.4, 0.5) is 0 Å². The fourth-order valence-electron chi connectivity index (χ4n) is 2.93. The Bertz CT molecular complexity index is 1140. The van der Waals surface area contributed by atoms with Gasteiger partial charge in [0.25, 0.3) is 0 Å². The molecule has 3 aromatic rings. The highest BCUT2D eigenvalue weighted by atomic mass is 16.6. The first-order valence-corrected chi connectivity index (χ1v) is 10.5. The SMILES string of the molecule is CCOC(=O)c1ccc(-c2ccc(C#Cc3ccc(C(=O)OC(C)(C)C)cc3)cc2)cc1. The van der Waals surface area contributed by atoms with E-state index in [9.17, 15) is 9.59 Å². The first-order chi connectivity index (χ1) is 15.2. The number of hydrogen-bond donors (Lipinski definition) is 0. The monoisotopic (exact) mass is 426 g/mol. The Labute approximate surface area is 189 Å². The summed E-state index contributed by atoms with van der Waals surface area (Å²) in [6.07, 6.45) is 0. The predicted molar refractivity (Wildman–Crippen MR) is 125 cm³/mol. The van der Waals surface area contributed by atoms with Crippen LogP contribution in [0, 0.1) is 11.8 Å². The molecule has 0 unspecified atom stereocenters. The Morgan fingerprint density at radius 3 is 1.56 bits per heavy atom. The number of ether oxygens (including phenoxy) is 2. The number of carbonyl (C=O) groups excluding carboxylic acids is 2. The van der Waals surface area contributed by atoms with Crippen LogP contribution in [0.5, 0.6) is 0 Å². The summed E-state index contributed by atoms with van der Waals surface area (Å²) in [5, 5.41) is 0. The average Bonchev–Trinajstić information content (AvgIpc) is 2.77. The van der Waals surface area contributed by atoms with Gasteiger partial charge in [-0.2, -0.15) is 0 Å². The fraction of sp³-hybridized carbons (Fsp3) is 0.214. The van der Waals surface area contributed by atoms with Gasteiger partial charge < -0.3 is 9.47 Å². The van der Waals surface area contributed by atoms with Crippen molar-refractivity contribution in [1.29, 1.82) is 0 Å². The number of carbonyl (C=O) groups is 2. The van der Waals surface area contributed by atoms with Gasteiger partial charge in [0.05, 0.1) is 17.7 Å². The maximum absolute atomic E-state index is 12.1. The van der Waals surface area contributed by atoms with Crippen molar-refractivity contribution in [2.75, 3.05) is 6.61 Å². The first-order valence-electron chi connectivity index (χ1n) is 10.5. The molecule has 0 amide bonds. The summed E-state index contributed by atoms with van der Waals surface area (Å²) in [5.41, 5.74) is 4.26. The lowest BCUT2D eigenvalue weighted by molar-refractivity contribution is 0.00693. The molecule has 0 aliphatic carbocycles. The molecule has 0 spiro atoms. The molecule has 0 saturated carbocycles. The number of esters is 2. The van der Waals surface area contributed by atoms with E-state index in [1.807, 2.05) is 69.3 Å². The van der Waals surface area contributed by atoms with E-state index in [0.717, 1.165) is 22.3 Å². The molecule has 0 atom stereocenters. The molecule has 0 fully saturated rings. The van der Waals surface area contributed by atoms with Crippen molar-refractivity contribution in [3.8, 4) is 23.0 Å². The minimum absolute atomic E-state index is 0.316. The van der Waals surface area contributed by atoms with Gasteiger partial charge in [-0.3, -0.25) is 0 Å². The van der Waals surface area contributed by atoms with Crippen LogP contribution in [0.1, 0.15) is 59.5 Å². The molecular weight excluding hydrogens is 400 g/mol. The molecular formula is C28H26O4.